The molecule has 1 fully saturated rings. The lowest BCUT2D eigenvalue weighted by atomic mass is 9.86. The van der Waals surface area contributed by atoms with Crippen LogP contribution >= 0.6 is 0 Å². The summed E-state index contributed by atoms with van der Waals surface area (Å²) < 4.78 is 2.19. The van der Waals surface area contributed by atoms with E-state index in [2.05, 4.69) is 76.0 Å². The average molecular weight is 412 g/mol. The van der Waals surface area contributed by atoms with Crippen LogP contribution in [0, 0.1) is 5.92 Å². The van der Waals surface area contributed by atoms with E-state index in [9.17, 15) is 4.79 Å². The number of hydrogen-bond acceptors (Lipinski definition) is 3. The summed E-state index contributed by atoms with van der Waals surface area (Å²) in [5, 5.41) is 0. The first kappa shape index (κ1) is 20.0. The van der Waals surface area contributed by atoms with Gasteiger partial charge in [-0.3, -0.25) is 9.69 Å². The Morgan fingerprint density at radius 3 is 2.39 bits per heavy atom. The Labute approximate surface area is 184 Å². The van der Waals surface area contributed by atoms with E-state index in [1.165, 1.54) is 22.3 Å². The van der Waals surface area contributed by atoms with Crippen LogP contribution in [0.1, 0.15) is 49.0 Å². The third kappa shape index (κ3) is 4.00. The van der Waals surface area contributed by atoms with Gasteiger partial charge in [-0.15, -0.1) is 0 Å². The smallest absolute Gasteiger partial charge is 0.138 e. The van der Waals surface area contributed by atoms with Gasteiger partial charge < -0.3 is 4.57 Å². The molecule has 0 N–H and O–H groups in total. The zero-order valence-electron chi connectivity index (χ0n) is 18.1. The monoisotopic (exact) mass is 411 g/mol. The molecule has 0 saturated carbocycles. The van der Waals surface area contributed by atoms with E-state index >= 15 is 0 Å². The topological polar surface area (TPSA) is 38.1 Å². The molecule has 0 radical (unpaired) electrons. The molecule has 1 unspecified atom stereocenters. The van der Waals surface area contributed by atoms with Gasteiger partial charge in [-0.25, -0.2) is 4.98 Å². The fourth-order valence-electron chi connectivity index (χ4n) is 5.21. The van der Waals surface area contributed by atoms with Crippen molar-refractivity contribution in [2.45, 2.75) is 38.8 Å². The van der Waals surface area contributed by atoms with Gasteiger partial charge in [0.2, 0.25) is 0 Å². The molecule has 158 valence electrons. The Kier molecular flexibility index (Phi) is 5.56. The molecule has 3 heterocycles. The standard InChI is InChI=1S/C27H29N3O/c1-20-25-17-28-19-30(25)24(27(20)23-10-6-3-7-11-23)16-26(31)22-12-14-29(15-13-22)18-21-8-4-2-5-9-21/h2-11,17,19,22,24H,12-16,18H2,1H3. The van der Waals surface area contributed by atoms with E-state index in [0.717, 1.165) is 38.2 Å². The Balaban J connectivity index is 1.27. The van der Waals surface area contributed by atoms with Crippen molar-refractivity contribution in [1.82, 2.24) is 14.5 Å². The number of likely N-dealkylation sites (tertiary alicyclic amines) is 1. The van der Waals surface area contributed by atoms with Crippen molar-refractivity contribution in [3.05, 3.63) is 90.0 Å². The van der Waals surface area contributed by atoms with Crippen molar-refractivity contribution < 1.29 is 4.79 Å². The average Bonchev–Trinajstić information content (AvgIpc) is 3.39. The summed E-state index contributed by atoms with van der Waals surface area (Å²) in [6.45, 7) is 5.12. The summed E-state index contributed by atoms with van der Waals surface area (Å²) in [5.74, 6) is 0.559. The van der Waals surface area contributed by atoms with Crippen molar-refractivity contribution in [2.24, 2.45) is 5.92 Å². The molecular formula is C27H29N3O. The van der Waals surface area contributed by atoms with Gasteiger partial charge in [-0.1, -0.05) is 60.7 Å². The molecule has 2 aromatic carbocycles. The maximum atomic E-state index is 13.4. The van der Waals surface area contributed by atoms with E-state index in [-0.39, 0.29) is 12.0 Å². The van der Waals surface area contributed by atoms with Gasteiger partial charge in [0.1, 0.15) is 5.78 Å². The molecule has 5 rings (SSSR count). The van der Waals surface area contributed by atoms with E-state index in [0.29, 0.717) is 12.2 Å². The number of imidazole rings is 1. The molecule has 1 saturated heterocycles. The highest BCUT2D eigenvalue weighted by atomic mass is 16.1. The molecule has 0 spiro atoms. The number of benzene rings is 2. The SMILES string of the molecule is CC1=C(c2ccccc2)C(CC(=O)C2CCN(Cc3ccccc3)CC2)n2cncc21. The zero-order chi connectivity index (χ0) is 21.2. The highest BCUT2D eigenvalue weighted by Gasteiger charge is 2.34. The molecule has 0 bridgehead atoms. The summed E-state index contributed by atoms with van der Waals surface area (Å²) in [7, 11) is 0. The molecule has 2 aliphatic rings. The van der Waals surface area contributed by atoms with E-state index in [4.69, 9.17) is 0 Å². The first-order valence-corrected chi connectivity index (χ1v) is 11.3. The Morgan fingerprint density at radius 2 is 1.68 bits per heavy atom. The molecule has 0 amide bonds. The summed E-state index contributed by atoms with van der Waals surface area (Å²) in [6, 6.07) is 21.1. The number of piperidine rings is 1. The molecule has 2 aliphatic heterocycles. The fourth-order valence-corrected chi connectivity index (χ4v) is 5.21. The number of carbonyl (C=O) groups is 1. The van der Waals surface area contributed by atoms with Gasteiger partial charge in [-0.2, -0.15) is 0 Å². The van der Waals surface area contributed by atoms with E-state index in [1.54, 1.807) is 0 Å². The van der Waals surface area contributed by atoms with Crippen molar-refractivity contribution in [1.29, 1.82) is 0 Å². The van der Waals surface area contributed by atoms with Crippen LogP contribution in [0.15, 0.2) is 73.2 Å². The van der Waals surface area contributed by atoms with E-state index < -0.39 is 0 Å². The van der Waals surface area contributed by atoms with Crippen LogP contribution in [0.3, 0.4) is 0 Å². The number of rotatable bonds is 6. The number of fused-ring (bicyclic) bond motifs is 1. The number of ketones is 1. The quantitative estimate of drug-likeness (QED) is 0.557. The number of hydrogen-bond donors (Lipinski definition) is 0. The minimum atomic E-state index is 0.0507. The minimum Gasteiger partial charge on any atom is -0.323 e. The Bertz CT molecular complexity index is 1080. The van der Waals surface area contributed by atoms with Crippen LogP contribution in [0.5, 0.6) is 0 Å². The van der Waals surface area contributed by atoms with Crippen LogP contribution in [-0.4, -0.2) is 33.3 Å². The van der Waals surface area contributed by atoms with E-state index in [1.807, 2.05) is 18.6 Å². The van der Waals surface area contributed by atoms with Crippen LogP contribution in [0.2, 0.25) is 0 Å². The number of Topliss-reactive ketones (excluding diaryl/α,β-unsaturated/α-hetero) is 1. The van der Waals surface area contributed by atoms with Crippen molar-refractivity contribution in [3.63, 3.8) is 0 Å². The molecule has 4 nitrogen and oxygen atoms in total. The number of aromatic nitrogens is 2. The lowest BCUT2D eigenvalue weighted by Crippen LogP contribution is -2.36. The van der Waals surface area contributed by atoms with Crippen LogP contribution in [0.25, 0.3) is 11.1 Å². The predicted octanol–water partition coefficient (Wildman–Crippen LogP) is 5.24. The third-order valence-electron chi connectivity index (χ3n) is 6.89. The second kappa shape index (κ2) is 8.64. The maximum Gasteiger partial charge on any atom is 0.138 e. The third-order valence-corrected chi connectivity index (χ3v) is 6.89. The molecule has 1 aromatic heterocycles. The van der Waals surface area contributed by atoms with Crippen molar-refractivity contribution in [3.8, 4) is 0 Å². The first-order valence-electron chi connectivity index (χ1n) is 11.3. The molecule has 0 aliphatic carbocycles. The van der Waals surface area contributed by atoms with Crippen molar-refractivity contribution >= 4 is 16.9 Å². The summed E-state index contributed by atoms with van der Waals surface area (Å²) in [4.78, 5) is 20.2. The normalized spacial score (nSPS) is 19.6. The maximum absolute atomic E-state index is 13.4. The lowest BCUT2D eigenvalue weighted by molar-refractivity contribution is -0.124. The largest absolute Gasteiger partial charge is 0.323 e. The van der Waals surface area contributed by atoms with Crippen LogP contribution in [-0.2, 0) is 11.3 Å². The fraction of sp³-hybridized carbons (Fsp3) is 0.333. The summed E-state index contributed by atoms with van der Waals surface area (Å²) >= 11 is 0. The van der Waals surface area contributed by atoms with Crippen LogP contribution in [0.4, 0.5) is 0 Å². The van der Waals surface area contributed by atoms with Gasteiger partial charge >= 0.3 is 0 Å². The molecule has 1 atom stereocenters. The number of carbonyl (C=O) groups excluding carboxylic acids is 1. The molecule has 31 heavy (non-hydrogen) atoms. The zero-order valence-corrected chi connectivity index (χ0v) is 18.1. The predicted molar refractivity (Wildman–Crippen MR) is 124 cm³/mol. The van der Waals surface area contributed by atoms with Gasteiger partial charge in [-0.05, 0) is 55.1 Å². The Hall–Kier alpha value is -2.98. The first-order chi connectivity index (χ1) is 15.2. The molecule has 4 heteroatoms. The second-order valence-corrected chi connectivity index (χ2v) is 8.81. The van der Waals surface area contributed by atoms with Gasteiger partial charge in [0.25, 0.3) is 0 Å². The summed E-state index contributed by atoms with van der Waals surface area (Å²) in [6.07, 6.45) is 6.27. The van der Waals surface area contributed by atoms with Gasteiger partial charge in [0.15, 0.2) is 0 Å². The Morgan fingerprint density at radius 1 is 1.00 bits per heavy atom. The number of nitrogens with zero attached hydrogens (tertiary/aromatic N) is 3. The van der Waals surface area contributed by atoms with Gasteiger partial charge in [0, 0.05) is 18.9 Å². The highest BCUT2D eigenvalue weighted by molar-refractivity contribution is 5.96. The molecule has 3 aromatic rings. The van der Waals surface area contributed by atoms with Crippen molar-refractivity contribution in [2.75, 3.05) is 13.1 Å². The minimum absolute atomic E-state index is 0.0507. The summed E-state index contributed by atoms with van der Waals surface area (Å²) in [5.41, 5.74) is 6.19. The van der Waals surface area contributed by atoms with Crippen LogP contribution < -0.4 is 0 Å². The lowest BCUT2D eigenvalue weighted by Gasteiger charge is -2.32. The number of allylic oxidation sites excluding steroid dienone is 2. The van der Waals surface area contributed by atoms with Gasteiger partial charge in [0.05, 0.1) is 24.3 Å². The molecular weight excluding hydrogens is 382 g/mol. The second-order valence-electron chi connectivity index (χ2n) is 8.81. The highest BCUT2D eigenvalue weighted by Crippen LogP contribution is 2.44.